The summed E-state index contributed by atoms with van der Waals surface area (Å²) in [5.41, 5.74) is 2.19. The molecule has 1 fully saturated rings. The van der Waals surface area contributed by atoms with Crippen molar-refractivity contribution < 1.29 is 14.3 Å². The molecule has 5 nitrogen and oxygen atoms in total. The van der Waals surface area contributed by atoms with Gasteiger partial charge in [0.15, 0.2) is 0 Å². The molecule has 3 rings (SSSR count). The zero-order valence-corrected chi connectivity index (χ0v) is 15.6. The van der Waals surface area contributed by atoms with Gasteiger partial charge in [0.05, 0.1) is 12.7 Å². The number of hydrogen-bond donors (Lipinski definition) is 0. The standard InChI is InChI=1S/C20H21ClN2O3/c1-14-5-8-16(9-6-14)23(13-22-11-3-4-19(22)24)20(25)17-12-15(21)7-10-18(17)26-2/h5-10,12H,3-4,11,13H2,1-2H3. The highest BCUT2D eigenvalue weighted by molar-refractivity contribution is 6.31. The molecule has 2 amide bonds. The summed E-state index contributed by atoms with van der Waals surface area (Å²) in [5, 5.41) is 0.454. The van der Waals surface area contributed by atoms with E-state index in [9.17, 15) is 9.59 Å². The van der Waals surface area contributed by atoms with Gasteiger partial charge in [0.25, 0.3) is 5.91 Å². The zero-order chi connectivity index (χ0) is 18.7. The van der Waals surface area contributed by atoms with Crippen LogP contribution in [0, 0.1) is 6.92 Å². The fourth-order valence-electron chi connectivity index (χ4n) is 3.00. The minimum Gasteiger partial charge on any atom is -0.496 e. The van der Waals surface area contributed by atoms with E-state index in [0.717, 1.165) is 17.7 Å². The molecular weight excluding hydrogens is 352 g/mol. The van der Waals surface area contributed by atoms with Crippen LogP contribution in [-0.4, -0.2) is 37.0 Å². The number of anilines is 1. The Hall–Kier alpha value is -2.53. The van der Waals surface area contributed by atoms with Crippen LogP contribution in [0.3, 0.4) is 0 Å². The Balaban J connectivity index is 1.99. The van der Waals surface area contributed by atoms with Crippen molar-refractivity contribution >= 4 is 29.1 Å². The Morgan fingerprint density at radius 1 is 1.23 bits per heavy atom. The van der Waals surface area contributed by atoms with E-state index in [2.05, 4.69) is 0 Å². The molecule has 1 aliphatic heterocycles. The summed E-state index contributed by atoms with van der Waals surface area (Å²) in [4.78, 5) is 28.7. The first-order chi connectivity index (χ1) is 12.5. The molecule has 0 spiro atoms. The van der Waals surface area contributed by atoms with Gasteiger partial charge in [0.1, 0.15) is 12.4 Å². The summed E-state index contributed by atoms with van der Waals surface area (Å²) in [6.07, 6.45) is 1.34. The van der Waals surface area contributed by atoms with Gasteiger partial charge < -0.3 is 9.64 Å². The summed E-state index contributed by atoms with van der Waals surface area (Å²) in [6, 6.07) is 12.6. The molecule has 2 aromatic rings. The van der Waals surface area contributed by atoms with Crippen LogP contribution in [0.4, 0.5) is 5.69 Å². The Bertz CT molecular complexity index is 820. The van der Waals surface area contributed by atoms with Gasteiger partial charge in [0, 0.05) is 23.7 Å². The number of carbonyl (C=O) groups excluding carboxylic acids is 2. The highest BCUT2D eigenvalue weighted by Gasteiger charge is 2.27. The molecule has 0 bridgehead atoms. The van der Waals surface area contributed by atoms with Gasteiger partial charge in [-0.05, 0) is 43.7 Å². The van der Waals surface area contributed by atoms with Crippen LogP contribution in [0.25, 0.3) is 0 Å². The number of amides is 2. The van der Waals surface area contributed by atoms with Crippen molar-refractivity contribution in [1.82, 2.24) is 4.90 Å². The average Bonchev–Trinajstić information content (AvgIpc) is 3.04. The molecule has 1 saturated heterocycles. The number of likely N-dealkylation sites (tertiary alicyclic amines) is 1. The third-order valence-electron chi connectivity index (χ3n) is 4.47. The minimum atomic E-state index is -0.257. The van der Waals surface area contributed by atoms with E-state index in [1.54, 1.807) is 28.0 Å². The number of carbonyl (C=O) groups is 2. The predicted octanol–water partition coefficient (Wildman–Crippen LogP) is 3.88. The van der Waals surface area contributed by atoms with Crippen LogP contribution >= 0.6 is 11.6 Å². The van der Waals surface area contributed by atoms with Gasteiger partial charge in [-0.1, -0.05) is 29.3 Å². The van der Waals surface area contributed by atoms with E-state index in [1.807, 2.05) is 31.2 Å². The first kappa shape index (κ1) is 18.3. The quantitative estimate of drug-likeness (QED) is 0.800. The van der Waals surface area contributed by atoms with Crippen LogP contribution in [0.2, 0.25) is 5.02 Å². The summed E-state index contributed by atoms with van der Waals surface area (Å²) in [5.74, 6) is 0.255. The minimum absolute atomic E-state index is 0.0629. The molecule has 0 aliphatic carbocycles. The van der Waals surface area contributed by atoms with Crippen molar-refractivity contribution in [2.75, 3.05) is 25.2 Å². The van der Waals surface area contributed by atoms with E-state index in [0.29, 0.717) is 29.3 Å². The number of halogens is 1. The maximum Gasteiger partial charge on any atom is 0.263 e. The van der Waals surface area contributed by atoms with Crippen molar-refractivity contribution in [3.63, 3.8) is 0 Å². The van der Waals surface area contributed by atoms with Crippen LogP contribution in [0.1, 0.15) is 28.8 Å². The molecule has 136 valence electrons. The van der Waals surface area contributed by atoms with E-state index >= 15 is 0 Å². The summed E-state index contributed by atoms with van der Waals surface area (Å²) < 4.78 is 5.33. The Labute approximate surface area is 158 Å². The topological polar surface area (TPSA) is 49.9 Å². The van der Waals surface area contributed by atoms with E-state index < -0.39 is 0 Å². The van der Waals surface area contributed by atoms with E-state index in [4.69, 9.17) is 16.3 Å². The lowest BCUT2D eigenvalue weighted by Crippen LogP contribution is -2.42. The van der Waals surface area contributed by atoms with Gasteiger partial charge in [-0.15, -0.1) is 0 Å². The van der Waals surface area contributed by atoms with Crippen molar-refractivity contribution in [2.45, 2.75) is 19.8 Å². The van der Waals surface area contributed by atoms with Crippen molar-refractivity contribution in [3.8, 4) is 5.75 Å². The highest BCUT2D eigenvalue weighted by Crippen LogP contribution is 2.27. The fourth-order valence-corrected chi connectivity index (χ4v) is 3.18. The summed E-state index contributed by atoms with van der Waals surface area (Å²) >= 11 is 6.09. The molecule has 26 heavy (non-hydrogen) atoms. The lowest BCUT2D eigenvalue weighted by atomic mass is 10.1. The van der Waals surface area contributed by atoms with E-state index in [1.165, 1.54) is 7.11 Å². The normalized spacial score (nSPS) is 13.8. The lowest BCUT2D eigenvalue weighted by molar-refractivity contribution is -0.127. The Morgan fingerprint density at radius 3 is 2.58 bits per heavy atom. The first-order valence-corrected chi connectivity index (χ1v) is 8.87. The van der Waals surface area contributed by atoms with Gasteiger partial charge in [-0.2, -0.15) is 0 Å². The fraction of sp³-hybridized carbons (Fsp3) is 0.300. The summed E-state index contributed by atoms with van der Waals surface area (Å²) in [6.45, 7) is 2.84. The van der Waals surface area contributed by atoms with Crippen molar-refractivity contribution in [1.29, 1.82) is 0 Å². The largest absolute Gasteiger partial charge is 0.496 e. The SMILES string of the molecule is COc1ccc(Cl)cc1C(=O)N(CN1CCCC1=O)c1ccc(C)cc1. The van der Waals surface area contributed by atoms with Gasteiger partial charge >= 0.3 is 0 Å². The Morgan fingerprint density at radius 2 is 1.96 bits per heavy atom. The van der Waals surface area contributed by atoms with Crippen molar-refractivity contribution in [2.24, 2.45) is 0 Å². The monoisotopic (exact) mass is 372 g/mol. The molecule has 0 saturated carbocycles. The van der Waals surface area contributed by atoms with Crippen LogP contribution in [0.15, 0.2) is 42.5 Å². The molecule has 0 unspecified atom stereocenters. The molecule has 2 aromatic carbocycles. The molecule has 0 aromatic heterocycles. The van der Waals surface area contributed by atoms with E-state index in [-0.39, 0.29) is 18.5 Å². The number of aryl methyl sites for hydroxylation is 1. The second-order valence-corrected chi connectivity index (χ2v) is 6.75. The number of ether oxygens (including phenoxy) is 1. The average molecular weight is 373 g/mol. The van der Waals surface area contributed by atoms with Gasteiger partial charge in [-0.3, -0.25) is 14.5 Å². The second kappa shape index (κ2) is 7.79. The third-order valence-corrected chi connectivity index (χ3v) is 4.70. The number of hydrogen-bond acceptors (Lipinski definition) is 3. The molecule has 0 atom stereocenters. The van der Waals surface area contributed by atoms with Gasteiger partial charge in [-0.25, -0.2) is 0 Å². The second-order valence-electron chi connectivity index (χ2n) is 6.32. The first-order valence-electron chi connectivity index (χ1n) is 8.49. The van der Waals surface area contributed by atoms with Crippen LogP contribution in [0.5, 0.6) is 5.75 Å². The number of methoxy groups -OCH3 is 1. The highest BCUT2D eigenvalue weighted by atomic mass is 35.5. The maximum atomic E-state index is 13.3. The molecule has 1 heterocycles. The third kappa shape index (κ3) is 3.83. The number of rotatable bonds is 5. The maximum absolute atomic E-state index is 13.3. The zero-order valence-electron chi connectivity index (χ0n) is 14.9. The van der Waals surface area contributed by atoms with Crippen LogP contribution in [-0.2, 0) is 4.79 Å². The smallest absolute Gasteiger partial charge is 0.263 e. The predicted molar refractivity (Wildman–Crippen MR) is 102 cm³/mol. The summed E-state index contributed by atoms with van der Waals surface area (Å²) in [7, 11) is 1.51. The lowest BCUT2D eigenvalue weighted by Gasteiger charge is -2.28. The Kier molecular flexibility index (Phi) is 5.47. The van der Waals surface area contributed by atoms with Crippen LogP contribution < -0.4 is 9.64 Å². The van der Waals surface area contributed by atoms with Crippen molar-refractivity contribution in [3.05, 3.63) is 58.6 Å². The molecule has 1 aliphatic rings. The number of benzene rings is 2. The van der Waals surface area contributed by atoms with Gasteiger partial charge in [0.2, 0.25) is 5.91 Å². The molecular formula is C20H21ClN2O3. The molecule has 0 radical (unpaired) electrons. The molecule has 6 heteroatoms. The molecule has 0 N–H and O–H groups in total. The number of nitrogens with zero attached hydrogens (tertiary/aromatic N) is 2.